The van der Waals surface area contributed by atoms with Crippen LogP contribution in [-0.2, 0) is 6.54 Å². The van der Waals surface area contributed by atoms with E-state index in [4.69, 9.17) is 0 Å². The van der Waals surface area contributed by atoms with Gasteiger partial charge < -0.3 is 0 Å². The molecule has 2 rings (SSSR count). The molecule has 2 aromatic heterocycles. The molecule has 0 unspecified atom stereocenters. The summed E-state index contributed by atoms with van der Waals surface area (Å²) in [6.45, 7) is 6.86. The van der Waals surface area contributed by atoms with Gasteiger partial charge in [-0.3, -0.25) is 14.8 Å². The Bertz CT molecular complexity index is 657. The molecule has 0 N–H and O–H groups in total. The maximum absolute atomic E-state index is 10.6. The van der Waals surface area contributed by atoms with Gasteiger partial charge in [0.15, 0.2) is 0 Å². The fourth-order valence-electron chi connectivity index (χ4n) is 2.03. The van der Waals surface area contributed by atoms with Gasteiger partial charge in [-0.25, -0.2) is 4.98 Å². The van der Waals surface area contributed by atoms with Crippen LogP contribution in [0.15, 0.2) is 18.3 Å². The van der Waals surface area contributed by atoms with Crippen LogP contribution in [0.4, 0.5) is 5.69 Å². The van der Waals surface area contributed by atoms with Gasteiger partial charge >= 0.3 is 0 Å². The zero-order valence-electron chi connectivity index (χ0n) is 11.7. The molecule has 2 heterocycles. The Labute approximate surface area is 116 Å². The van der Waals surface area contributed by atoms with E-state index >= 15 is 0 Å². The number of pyridine rings is 1. The molecule has 0 aliphatic heterocycles. The maximum atomic E-state index is 10.6. The van der Waals surface area contributed by atoms with Crippen molar-refractivity contribution in [3.8, 4) is 0 Å². The summed E-state index contributed by atoms with van der Waals surface area (Å²) in [4.78, 5) is 14.1. The van der Waals surface area contributed by atoms with Crippen LogP contribution >= 0.6 is 0 Å². The van der Waals surface area contributed by atoms with E-state index in [2.05, 4.69) is 10.1 Å². The van der Waals surface area contributed by atoms with E-state index in [1.165, 1.54) is 12.3 Å². The van der Waals surface area contributed by atoms with Gasteiger partial charge in [0.25, 0.3) is 5.69 Å². The van der Waals surface area contributed by atoms with Crippen LogP contribution in [0.2, 0.25) is 0 Å². The average molecular weight is 272 g/mol. The first-order chi connectivity index (χ1) is 9.52. The third-order valence-corrected chi connectivity index (χ3v) is 3.14. The van der Waals surface area contributed by atoms with Crippen LogP contribution in [-0.4, -0.2) is 19.7 Å². The van der Waals surface area contributed by atoms with Gasteiger partial charge in [0.2, 0.25) is 0 Å². The molecular weight excluding hydrogens is 256 g/mol. The fourth-order valence-corrected chi connectivity index (χ4v) is 2.03. The molecule has 0 aromatic carbocycles. The van der Waals surface area contributed by atoms with Crippen LogP contribution < -0.4 is 0 Å². The normalized spacial score (nSPS) is 11.2. The largest absolute Gasteiger partial charge is 0.287 e. The predicted octanol–water partition coefficient (Wildman–Crippen LogP) is 2.99. The Balaban J connectivity index is 2.25. The molecule has 0 radical (unpaired) electrons. The smallest absolute Gasteiger partial charge is 0.269 e. The first kappa shape index (κ1) is 13.9. The standard InChI is InChI=1S/C14H16N4O2/c1-4-17-11(3)14(10(2)16-17)8-6-12-5-7-13(9-15-12)18(19)20/h5-9H,4H2,1-3H3/b8-6+. The van der Waals surface area contributed by atoms with Crippen LogP contribution in [0.1, 0.15) is 29.6 Å². The predicted molar refractivity (Wildman–Crippen MR) is 77.2 cm³/mol. The summed E-state index contributed by atoms with van der Waals surface area (Å²) in [5, 5.41) is 15.0. The lowest BCUT2D eigenvalue weighted by atomic mass is 10.1. The second-order valence-corrected chi connectivity index (χ2v) is 4.43. The quantitative estimate of drug-likeness (QED) is 0.633. The SMILES string of the molecule is CCn1nc(C)c(/C=C/c2ccc([N+](=O)[O-])cn2)c1C. The van der Waals surface area contributed by atoms with Gasteiger partial charge in [0.05, 0.1) is 16.3 Å². The van der Waals surface area contributed by atoms with Gasteiger partial charge in [0, 0.05) is 23.9 Å². The zero-order chi connectivity index (χ0) is 14.7. The summed E-state index contributed by atoms with van der Waals surface area (Å²) in [6, 6.07) is 3.07. The molecule has 0 spiro atoms. The Kier molecular flexibility index (Phi) is 3.93. The maximum Gasteiger partial charge on any atom is 0.287 e. The van der Waals surface area contributed by atoms with Crippen molar-refractivity contribution in [1.29, 1.82) is 0 Å². The Hall–Kier alpha value is -2.50. The highest BCUT2D eigenvalue weighted by atomic mass is 16.6. The molecule has 6 nitrogen and oxygen atoms in total. The number of nitrogens with zero attached hydrogens (tertiary/aromatic N) is 4. The number of rotatable bonds is 4. The summed E-state index contributed by atoms with van der Waals surface area (Å²) in [5.41, 5.74) is 3.80. The van der Waals surface area contributed by atoms with Crippen molar-refractivity contribution in [3.05, 3.63) is 51.1 Å². The molecule has 20 heavy (non-hydrogen) atoms. The molecule has 0 saturated carbocycles. The highest BCUT2D eigenvalue weighted by Crippen LogP contribution is 2.17. The number of aryl methyl sites for hydroxylation is 2. The first-order valence-corrected chi connectivity index (χ1v) is 6.35. The van der Waals surface area contributed by atoms with E-state index in [1.54, 1.807) is 6.07 Å². The molecule has 0 fully saturated rings. The van der Waals surface area contributed by atoms with Crippen LogP contribution in [0, 0.1) is 24.0 Å². The fraction of sp³-hybridized carbons (Fsp3) is 0.286. The summed E-state index contributed by atoms with van der Waals surface area (Å²) >= 11 is 0. The van der Waals surface area contributed by atoms with Crippen molar-refractivity contribution in [3.63, 3.8) is 0 Å². The second-order valence-electron chi connectivity index (χ2n) is 4.43. The third-order valence-electron chi connectivity index (χ3n) is 3.14. The minimum atomic E-state index is -0.458. The molecule has 0 atom stereocenters. The number of nitro groups is 1. The van der Waals surface area contributed by atoms with E-state index < -0.39 is 4.92 Å². The molecule has 0 amide bonds. The number of aromatic nitrogens is 3. The average Bonchev–Trinajstić information content (AvgIpc) is 2.71. The summed E-state index contributed by atoms with van der Waals surface area (Å²) in [7, 11) is 0. The molecular formula is C14H16N4O2. The Morgan fingerprint density at radius 2 is 2.10 bits per heavy atom. The van der Waals surface area contributed by atoms with E-state index in [-0.39, 0.29) is 5.69 Å². The second kappa shape index (κ2) is 5.64. The molecule has 0 aliphatic carbocycles. The van der Waals surface area contributed by atoms with Crippen molar-refractivity contribution in [2.45, 2.75) is 27.3 Å². The minimum absolute atomic E-state index is 0.00619. The molecule has 6 heteroatoms. The molecule has 2 aromatic rings. The Morgan fingerprint density at radius 1 is 1.35 bits per heavy atom. The monoisotopic (exact) mass is 272 g/mol. The van der Waals surface area contributed by atoms with Crippen molar-refractivity contribution in [2.75, 3.05) is 0 Å². The van der Waals surface area contributed by atoms with Crippen molar-refractivity contribution in [2.24, 2.45) is 0 Å². The summed E-state index contributed by atoms with van der Waals surface area (Å²) in [6.07, 6.45) is 5.04. The van der Waals surface area contributed by atoms with Crippen molar-refractivity contribution >= 4 is 17.8 Å². The topological polar surface area (TPSA) is 73.8 Å². The van der Waals surface area contributed by atoms with Crippen LogP contribution in [0.25, 0.3) is 12.2 Å². The van der Waals surface area contributed by atoms with Gasteiger partial charge in [0.1, 0.15) is 6.20 Å². The van der Waals surface area contributed by atoms with Gasteiger partial charge in [-0.05, 0) is 39.0 Å². The molecule has 0 saturated heterocycles. The minimum Gasteiger partial charge on any atom is -0.269 e. The summed E-state index contributed by atoms with van der Waals surface area (Å²) in [5.74, 6) is 0. The molecule has 0 bridgehead atoms. The Morgan fingerprint density at radius 3 is 2.60 bits per heavy atom. The van der Waals surface area contributed by atoms with E-state index in [9.17, 15) is 10.1 Å². The zero-order valence-corrected chi connectivity index (χ0v) is 11.7. The van der Waals surface area contributed by atoms with E-state index in [1.807, 2.05) is 37.6 Å². The lowest BCUT2D eigenvalue weighted by molar-refractivity contribution is -0.385. The van der Waals surface area contributed by atoms with Crippen LogP contribution in [0.5, 0.6) is 0 Å². The molecule has 104 valence electrons. The van der Waals surface area contributed by atoms with Gasteiger partial charge in [-0.1, -0.05) is 0 Å². The third kappa shape index (κ3) is 2.74. The lowest BCUT2D eigenvalue weighted by Crippen LogP contribution is -1.98. The number of hydrogen-bond acceptors (Lipinski definition) is 4. The van der Waals surface area contributed by atoms with Gasteiger partial charge in [-0.15, -0.1) is 0 Å². The van der Waals surface area contributed by atoms with Gasteiger partial charge in [-0.2, -0.15) is 5.10 Å². The van der Waals surface area contributed by atoms with Crippen molar-refractivity contribution < 1.29 is 4.92 Å². The highest BCUT2D eigenvalue weighted by Gasteiger charge is 2.08. The van der Waals surface area contributed by atoms with Crippen molar-refractivity contribution in [1.82, 2.24) is 14.8 Å². The summed E-state index contributed by atoms with van der Waals surface area (Å²) < 4.78 is 1.94. The highest BCUT2D eigenvalue weighted by molar-refractivity contribution is 5.70. The lowest BCUT2D eigenvalue weighted by Gasteiger charge is -1.98. The van der Waals surface area contributed by atoms with E-state index in [0.717, 1.165) is 23.5 Å². The molecule has 0 aliphatic rings. The first-order valence-electron chi connectivity index (χ1n) is 6.35. The van der Waals surface area contributed by atoms with E-state index in [0.29, 0.717) is 5.69 Å². The van der Waals surface area contributed by atoms with Crippen LogP contribution in [0.3, 0.4) is 0 Å². The number of hydrogen-bond donors (Lipinski definition) is 0.